The van der Waals surface area contributed by atoms with Crippen molar-refractivity contribution in [3.05, 3.63) is 115 Å². The number of hydrogen-bond donors (Lipinski definition) is 0. The van der Waals surface area contributed by atoms with Crippen LogP contribution in [0.25, 0.3) is 78.6 Å². The van der Waals surface area contributed by atoms with Gasteiger partial charge in [-0.15, -0.1) is 22.7 Å². The van der Waals surface area contributed by atoms with E-state index >= 15 is 0 Å². The molecule has 0 amide bonds. The van der Waals surface area contributed by atoms with Crippen LogP contribution in [0.4, 0.5) is 0 Å². The maximum absolute atomic E-state index is 2.48. The fourth-order valence-electron chi connectivity index (χ4n) is 6.12. The summed E-state index contributed by atoms with van der Waals surface area (Å²) in [5, 5.41) is 10.6. The van der Waals surface area contributed by atoms with Gasteiger partial charge in [-0.1, -0.05) is 72.8 Å². The minimum absolute atomic E-state index is 1.22. The molecule has 3 aromatic heterocycles. The first-order valence-corrected chi connectivity index (χ1v) is 14.2. The van der Waals surface area contributed by atoms with E-state index in [2.05, 4.69) is 120 Å². The van der Waals surface area contributed by atoms with Gasteiger partial charge in [-0.25, -0.2) is 0 Å². The first-order chi connectivity index (χ1) is 18.3. The quantitative estimate of drug-likeness (QED) is 0.209. The second-order valence-corrected chi connectivity index (χ2v) is 11.9. The predicted octanol–water partition coefficient (Wildman–Crippen LogP) is 10.7. The highest BCUT2D eigenvalue weighted by Gasteiger charge is 2.17. The summed E-state index contributed by atoms with van der Waals surface area (Å²) in [5.41, 5.74) is 3.75. The first-order valence-electron chi connectivity index (χ1n) is 12.5. The van der Waals surface area contributed by atoms with Gasteiger partial charge in [-0.2, -0.15) is 0 Å². The van der Waals surface area contributed by atoms with Gasteiger partial charge in [0.05, 0.1) is 11.0 Å². The molecule has 0 N–H and O–H groups in total. The van der Waals surface area contributed by atoms with E-state index in [1.54, 1.807) is 0 Å². The molecule has 37 heavy (non-hydrogen) atoms. The van der Waals surface area contributed by atoms with Crippen LogP contribution in [-0.2, 0) is 0 Å². The van der Waals surface area contributed by atoms with Gasteiger partial charge < -0.3 is 4.57 Å². The topological polar surface area (TPSA) is 4.93 Å². The summed E-state index contributed by atoms with van der Waals surface area (Å²) in [6.45, 7) is 0. The van der Waals surface area contributed by atoms with Crippen LogP contribution >= 0.6 is 22.7 Å². The molecule has 1 nitrogen and oxygen atoms in total. The third kappa shape index (κ3) is 2.68. The lowest BCUT2D eigenvalue weighted by atomic mass is 10.0. The second-order valence-electron chi connectivity index (χ2n) is 9.76. The summed E-state index contributed by atoms with van der Waals surface area (Å²) in [7, 11) is 0. The molecule has 9 aromatic rings. The minimum atomic E-state index is 1.22. The highest BCUT2D eigenvalue weighted by atomic mass is 32.1. The van der Waals surface area contributed by atoms with E-state index in [0.717, 1.165) is 0 Å². The van der Waals surface area contributed by atoms with Crippen molar-refractivity contribution in [2.45, 2.75) is 0 Å². The van der Waals surface area contributed by atoms with E-state index in [1.165, 1.54) is 78.6 Å². The Morgan fingerprint density at radius 3 is 1.84 bits per heavy atom. The van der Waals surface area contributed by atoms with Crippen molar-refractivity contribution in [3.63, 3.8) is 0 Å². The summed E-state index contributed by atoms with van der Waals surface area (Å²) in [4.78, 5) is 0. The molecule has 0 aliphatic rings. The lowest BCUT2D eigenvalue weighted by molar-refractivity contribution is 1.19. The maximum Gasteiger partial charge on any atom is 0.0619 e. The summed E-state index contributed by atoms with van der Waals surface area (Å²) < 4.78 is 7.85. The van der Waals surface area contributed by atoms with Crippen LogP contribution in [0, 0.1) is 0 Å². The number of fused-ring (bicyclic) bond motifs is 11. The third-order valence-electron chi connectivity index (χ3n) is 7.77. The van der Waals surface area contributed by atoms with Crippen LogP contribution in [0.3, 0.4) is 0 Å². The molecule has 9 rings (SSSR count). The van der Waals surface area contributed by atoms with E-state index in [9.17, 15) is 0 Å². The van der Waals surface area contributed by atoms with Crippen LogP contribution in [-0.4, -0.2) is 4.57 Å². The van der Waals surface area contributed by atoms with E-state index in [0.29, 0.717) is 0 Å². The normalized spacial score (nSPS) is 12.3. The van der Waals surface area contributed by atoms with Crippen molar-refractivity contribution in [3.8, 4) is 5.69 Å². The Morgan fingerprint density at radius 2 is 1.03 bits per heavy atom. The number of rotatable bonds is 1. The number of thiophene rings is 2. The fraction of sp³-hybridized carbons (Fsp3) is 0. The number of nitrogens with zero attached hydrogens (tertiary/aromatic N) is 1. The summed E-state index contributed by atoms with van der Waals surface area (Å²) in [6, 6.07) is 42.7. The van der Waals surface area contributed by atoms with Gasteiger partial charge in [0.15, 0.2) is 0 Å². The monoisotopic (exact) mass is 505 g/mol. The highest BCUT2D eigenvalue weighted by molar-refractivity contribution is 7.26. The molecule has 6 aromatic carbocycles. The molecular weight excluding hydrogens is 487 g/mol. The maximum atomic E-state index is 2.48. The second kappa shape index (κ2) is 7.19. The smallest absolute Gasteiger partial charge is 0.0619 e. The van der Waals surface area contributed by atoms with Crippen LogP contribution in [0.1, 0.15) is 0 Å². The molecule has 3 heterocycles. The van der Waals surface area contributed by atoms with Gasteiger partial charge >= 0.3 is 0 Å². The zero-order chi connectivity index (χ0) is 24.1. The lowest BCUT2D eigenvalue weighted by Crippen LogP contribution is -1.94. The Bertz CT molecular complexity index is 2360. The van der Waals surface area contributed by atoms with Gasteiger partial charge in [0.25, 0.3) is 0 Å². The number of hydrogen-bond acceptors (Lipinski definition) is 2. The first kappa shape index (κ1) is 19.9. The highest BCUT2D eigenvalue weighted by Crippen LogP contribution is 2.42. The molecule has 0 aliphatic carbocycles. The van der Waals surface area contributed by atoms with Crippen LogP contribution in [0.15, 0.2) is 115 Å². The lowest BCUT2D eigenvalue weighted by Gasteiger charge is -2.10. The Morgan fingerprint density at radius 1 is 0.405 bits per heavy atom. The van der Waals surface area contributed by atoms with E-state index in [-0.39, 0.29) is 0 Å². The minimum Gasteiger partial charge on any atom is -0.309 e. The van der Waals surface area contributed by atoms with E-state index in [4.69, 9.17) is 0 Å². The van der Waals surface area contributed by atoms with Gasteiger partial charge in [0.2, 0.25) is 0 Å². The van der Waals surface area contributed by atoms with Crippen molar-refractivity contribution in [1.82, 2.24) is 4.57 Å². The van der Waals surface area contributed by atoms with Crippen molar-refractivity contribution in [1.29, 1.82) is 0 Å². The molecule has 0 spiro atoms. The molecule has 0 radical (unpaired) electrons. The van der Waals surface area contributed by atoms with Crippen molar-refractivity contribution in [2.24, 2.45) is 0 Å². The molecular formula is C34H19NS2. The number of para-hydroxylation sites is 1. The molecule has 0 bridgehead atoms. The van der Waals surface area contributed by atoms with Crippen molar-refractivity contribution < 1.29 is 0 Å². The molecule has 0 aliphatic heterocycles. The fourth-order valence-corrected chi connectivity index (χ4v) is 8.40. The zero-order valence-corrected chi connectivity index (χ0v) is 21.4. The van der Waals surface area contributed by atoms with Crippen molar-refractivity contribution in [2.75, 3.05) is 0 Å². The number of aromatic nitrogens is 1. The van der Waals surface area contributed by atoms with E-state index < -0.39 is 0 Å². The number of benzene rings is 6. The van der Waals surface area contributed by atoms with Gasteiger partial charge in [-0.3, -0.25) is 0 Å². The molecule has 172 valence electrons. The predicted molar refractivity (Wildman–Crippen MR) is 164 cm³/mol. The largest absolute Gasteiger partial charge is 0.309 e. The Kier molecular flexibility index (Phi) is 3.88. The average Bonchev–Trinajstić information content (AvgIpc) is 3.60. The summed E-state index contributed by atoms with van der Waals surface area (Å²) in [5.74, 6) is 0. The van der Waals surface area contributed by atoms with Crippen LogP contribution < -0.4 is 0 Å². The van der Waals surface area contributed by atoms with Gasteiger partial charge in [0, 0.05) is 62.2 Å². The molecule has 0 atom stereocenters. The molecule has 0 fully saturated rings. The third-order valence-corrected chi connectivity index (χ3v) is 10.0. The molecule has 3 heteroatoms. The average molecular weight is 506 g/mol. The van der Waals surface area contributed by atoms with Gasteiger partial charge in [-0.05, 0) is 47.9 Å². The van der Waals surface area contributed by atoms with E-state index in [1.807, 2.05) is 22.7 Å². The molecule has 0 unspecified atom stereocenters. The molecule has 0 saturated carbocycles. The van der Waals surface area contributed by atoms with Gasteiger partial charge in [0.1, 0.15) is 0 Å². The summed E-state index contributed by atoms with van der Waals surface area (Å²) in [6.07, 6.45) is 0. The Hall–Kier alpha value is -4.18. The molecule has 0 saturated heterocycles. The SMILES string of the molecule is c1ccc2c(c1)sc1cc(-n3c4ccccc4c4ccc5cc6sc7ccccc7c6cc5c43)ccc12. The summed E-state index contributed by atoms with van der Waals surface area (Å²) >= 11 is 3.77. The Labute approximate surface area is 220 Å². The standard InChI is InChI=1S/C34H19NS2/c1-4-10-29-22(7-1)26-15-13-20-17-32-28(24-9-3-6-12-31(24)36-32)19-27(20)34(26)35(29)21-14-16-25-23-8-2-5-11-30(23)37-33(25)18-21/h1-19H. The van der Waals surface area contributed by atoms with Crippen LogP contribution in [0.2, 0.25) is 0 Å². The van der Waals surface area contributed by atoms with Crippen LogP contribution in [0.5, 0.6) is 0 Å². The van der Waals surface area contributed by atoms with Crippen molar-refractivity contribution >= 4 is 95.6 Å². The zero-order valence-electron chi connectivity index (χ0n) is 19.7. The Balaban J connectivity index is 1.45.